The molecule has 0 aromatic rings. The fraction of sp³-hybridized carbons (Fsp3) is 1.00. The standard InChI is InChI=1S/C56H126N4O9Si4/c1-15-29-41-57(42-30-16-2)49-37-53-70(61-23-9,62-24-10)67-72(65-27-13,55-39-51-59(45-33-19-5)46-34-20-6)69-73(66-28-14,56-40-52-60(47-35-21-7)48-36-22-8)68-71(63-25-11,64-26-12)54-38-50-58(43-31-17-3)44-32-18-4/h15-56H2,1-14H3. The van der Waals surface area contributed by atoms with Crippen molar-refractivity contribution in [2.24, 2.45) is 0 Å². The zero-order chi connectivity index (χ0) is 54.4. The summed E-state index contributed by atoms with van der Waals surface area (Å²) in [6.45, 7) is 46.1. The second-order valence-corrected chi connectivity index (χ2v) is 31.9. The summed E-state index contributed by atoms with van der Waals surface area (Å²) in [5.41, 5.74) is 0. The van der Waals surface area contributed by atoms with E-state index in [9.17, 15) is 0 Å². The SMILES string of the molecule is CCCCN(CCCC)CCC[Si](OCC)(OCC)O[Si](CCCN(CCCC)CCCC)(OCC)O[Si](CCCN(CCCC)CCCC)(OCC)O[Si](CCCN(CCCC)CCCC)(OCC)OCC. The van der Waals surface area contributed by atoms with Gasteiger partial charge < -0.3 is 58.5 Å². The first-order chi connectivity index (χ1) is 35.5. The van der Waals surface area contributed by atoms with Gasteiger partial charge in [-0.15, -0.1) is 0 Å². The third kappa shape index (κ3) is 34.2. The van der Waals surface area contributed by atoms with Crippen LogP contribution in [0.4, 0.5) is 0 Å². The molecule has 0 N–H and O–H groups in total. The summed E-state index contributed by atoms with van der Waals surface area (Å²) in [6.07, 6.45) is 22.5. The fourth-order valence-electron chi connectivity index (χ4n) is 9.60. The molecule has 0 saturated carbocycles. The van der Waals surface area contributed by atoms with Crippen LogP contribution in [0.25, 0.3) is 0 Å². The van der Waals surface area contributed by atoms with Gasteiger partial charge in [0.2, 0.25) is 0 Å². The van der Waals surface area contributed by atoms with Gasteiger partial charge in [-0.1, -0.05) is 107 Å². The Labute approximate surface area is 459 Å². The first-order valence-corrected chi connectivity index (χ1v) is 39.0. The summed E-state index contributed by atoms with van der Waals surface area (Å²) in [5.74, 6) is 0. The fourth-order valence-corrected chi connectivity index (χ4v) is 26.7. The number of hydrogen-bond donors (Lipinski definition) is 0. The Morgan fingerprint density at radius 2 is 0.356 bits per heavy atom. The molecular weight excluding hydrogens is 985 g/mol. The average Bonchev–Trinajstić information content (AvgIpc) is 3.37. The summed E-state index contributed by atoms with van der Waals surface area (Å²) in [6, 6.07) is 2.58. The van der Waals surface area contributed by atoms with E-state index in [0.717, 1.165) is 104 Å². The second kappa shape index (κ2) is 48.3. The summed E-state index contributed by atoms with van der Waals surface area (Å²) < 4.78 is 66.0. The van der Waals surface area contributed by atoms with Gasteiger partial charge in [0.25, 0.3) is 0 Å². The van der Waals surface area contributed by atoms with E-state index in [2.05, 4.69) is 117 Å². The number of hydrogen-bond acceptors (Lipinski definition) is 13. The molecular formula is C56H126N4O9Si4. The molecule has 0 spiro atoms. The highest BCUT2D eigenvalue weighted by molar-refractivity contribution is 6.84. The maximum Gasteiger partial charge on any atom is 0.493 e. The van der Waals surface area contributed by atoms with Crippen LogP contribution in [0.3, 0.4) is 0 Å². The molecule has 0 fully saturated rings. The molecule has 0 rings (SSSR count). The van der Waals surface area contributed by atoms with Crippen LogP contribution in [0.15, 0.2) is 0 Å². The van der Waals surface area contributed by atoms with Gasteiger partial charge in [0.15, 0.2) is 0 Å². The smallest absolute Gasteiger partial charge is 0.375 e. The Morgan fingerprint density at radius 3 is 0.534 bits per heavy atom. The van der Waals surface area contributed by atoms with E-state index >= 15 is 0 Å². The lowest BCUT2D eigenvalue weighted by molar-refractivity contribution is 0.0329. The lowest BCUT2D eigenvalue weighted by atomic mass is 10.2. The van der Waals surface area contributed by atoms with E-state index in [1.165, 1.54) is 103 Å². The van der Waals surface area contributed by atoms with Crippen molar-refractivity contribution >= 4 is 35.2 Å². The summed E-state index contributed by atoms with van der Waals surface area (Å²) in [5, 5.41) is 0. The molecule has 0 amide bonds. The summed E-state index contributed by atoms with van der Waals surface area (Å²) in [7, 11) is -14.5. The lowest BCUT2D eigenvalue weighted by Gasteiger charge is -2.45. The molecule has 13 nitrogen and oxygen atoms in total. The Bertz CT molecular complexity index is 1070. The van der Waals surface area contributed by atoms with Crippen LogP contribution in [-0.2, 0) is 38.9 Å². The van der Waals surface area contributed by atoms with Crippen molar-refractivity contribution in [3.8, 4) is 0 Å². The van der Waals surface area contributed by atoms with Crippen molar-refractivity contribution in [1.29, 1.82) is 0 Å². The normalized spacial score (nSPS) is 14.4. The van der Waals surface area contributed by atoms with E-state index in [0.29, 0.717) is 63.8 Å². The van der Waals surface area contributed by atoms with Crippen LogP contribution < -0.4 is 0 Å². The van der Waals surface area contributed by atoms with Gasteiger partial charge in [-0.3, -0.25) is 0 Å². The van der Waals surface area contributed by atoms with Crippen LogP contribution in [0, 0.1) is 0 Å². The highest BCUT2D eigenvalue weighted by atomic mass is 28.5. The van der Waals surface area contributed by atoms with E-state index in [-0.39, 0.29) is 0 Å². The quantitative estimate of drug-likeness (QED) is 0.0541. The molecule has 2 atom stereocenters. The first-order valence-electron chi connectivity index (χ1n) is 31.3. The van der Waals surface area contributed by atoms with Crippen molar-refractivity contribution in [1.82, 2.24) is 19.6 Å². The van der Waals surface area contributed by atoms with Crippen LogP contribution in [0.5, 0.6) is 0 Å². The van der Waals surface area contributed by atoms with E-state index in [1.807, 2.05) is 0 Å². The molecule has 0 aliphatic rings. The molecule has 0 heterocycles. The van der Waals surface area contributed by atoms with Gasteiger partial charge in [-0.2, -0.15) is 0 Å². The van der Waals surface area contributed by atoms with Crippen molar-refractivity contribution in [3.63, 3.8) is 0 Å². The van der Waals surface area contributed by atoms with Crippen molar-refractivity contribution < 1.29 is 38.9 Å². The van der Waals surface area contributed by atoms with Crippen LogP contribution in [0.1, 0.15) is 225 Å². The van der Waals surface area contributed by atoms with E-state index in [4.69, 9.17) is 38.9 Å². The monoisotopic (exact) mass is 1110 g/mol. The molecule has 0 radical (unpaired) electrons. The third-order valence-electron chi connectivity index (χ3n) is 13.6. The van der Waals surface area contributed by atoms with Gasteiger partial charge in [-0.25, -0.2) is 0 Å². The largest absolute Gasteiger partial charge is 0.493 e. The van der Waals surface area contributed by atoms with Crippen LogP contribution in [0.2, 0.25) is 24.2 Å². The van der Waals surface area contributed by atoms with Crippen molar-refractivity contribution in [2.75, 3.05) is 118 Å². The third-order valence-corrected chi connectivity index (χ3v) is 29.3. The molecule has 440 valence electrons. The second-order valence-electron chi connectivity index (χ2n) is 20.2. The Morgan fingerprint density at radius 1 is 0.205 bits per heavy atom. The molecule has 0 aliphatic heterocycles. The average molecular weight is 1110 g/mol. The zero-order valence-corrected chi connectivity index (χ0v) is 55.2. The maximum atomic E-state index is 8.04. The number of nitrogens with zero attached hydrogens (tertiary/aromatic N) is 4. The molecule has 0 aromatic heterocycles. The van der Waals surface area contributed by atoms with Crippen LogP contribution >= 0.6 is 0 Å². The van der Waals surface area contributed by atoms with E-state index in [1.54, 1.807) is 0 Å². The summed E-state index contributed by atoms with van der Waals surface area (Å²) in [4.78, 5) is 10.6. The molecule has 0 bridgehead atoms. The van der Waals surface area contributed by atoms with Crippen molar-refractivity contribution in [2.45, 2.75) is 250 Å². The van der Waals surface area contributed by atoms with Crippen LogP contribution in [-0.4, -0.2) is 173 Å². The minimum absolute atomic E-state index is 0.426. The van der Waals surface area contributed by atoms with Gasteiger partial charge in [0, 0.05) is 63.8 Å². The first kappa shape index (κ1) is 73.3. The van der Waals surface area contributed by atoms with Gasteiger partial charge in [-0.05, 0) is 197 Å². The minimum Gasteiger partial charge on any atom is -0.375 e. The van der Waals surface area contributed by atoms with Gasteiger partial charge in [0.05, 0.1) is 0 Å². The topological polar surface area (TPSA) is 96.0 Å². The minimum atomic E-state index is -3.80. The Hall–Kier alpha value is 0.348. The van der Waals surface area contributed by atoms with Crippen molar-refractivity contribution in [3.05, 3.63) is 0 Å². The molecule has 0 aromatic carbocycles. The zero-order valence-electron chi connectivity index (χ0n) is 51.2. The van der Waals surface area contributed by atoms with E-state index < -0.39 is 35.2 Å². The predicted molar refractivity (Wildman–Crippen MR) is 319 cm³/mol. The number of unbranched alkanes of at least 4 members (excludes halogenated alkanes) is 8. The molecule has 0 saturated heterocycles. The molecule has 17 heteroatoms. The molecule has 2 unspecified atom stereocenters. The Balaban J connectivity index is 8.13. The highest BCUT2D eigenvalue weighted by Gasteiger charge is 2.62. The van der Waals surface area contributed by atoms with Gasteiger partial charge >= 0.3 is 35.2 Å². The lowest BCUT2D eigenvalue weighted by Crippen LogP contribution is -2.67. The molecule has 73 heavy (non-hydrogen) atoms. The molecule has 0 aliphatic carbocycles. The van der Waals surface area contributed by atoms with Gasteiger partial charge in [0.1, 0.15) is 0 Å². The predicted octanol–water partition coefficient (Wildman–Crippen LogP) is 14.2. The summed E-state index contributed by atoms with van der Waals surface area (Å²) >= 11 is 0. The number of rotatable bonds is 58. The Kier molecular flexibility index (Phi) is 48.5. The maximum absolute atomic E-state index is 8.04. The highest BCUT2D eigenvalue weighted by Crippen LogP contribution is 2.36.